The van der Waals surface area contributed by atoms with Gasteiger partial charge < -0.3 is 11.1 Å². The van der Waals surface area contributed by atoms with Gasteiger partial charge in [-0.05, 0) is 43.5 Å². The van der Waals surface area contributed by atoms with Crippen molar-refractivity contribution in [1.29, 1.82) is 0 Å². The van der Waals surface area contributed by atoms with Crippen LogP contribution in [0, 0.1) is 13.8 Å². The molecule has 0 fully saturated rings. The van der Waals surface area contributed by atoms with Crippen molar-refractivity contribution in [1.82, 2.24) is 20.2 Å². The van der Waals surface area contributed by atoms with E-state index in [4.69, 9.17) is 10.7 Å². The van der Waals surface area contributed by atoms with E-state index in [1.54, 1.807) is 18.5 Å². The van der Waals surface area contributed by atoms with Crippen LogP contribution in [0.5, 0.6) is 0 Å². The van der Waals surface area contributed by atoms with Crippen molar-refractivity contribution in [2.75, 3.05) is 11.9 Å². The minimum atomic E-state index is -0.652. The molecule has 3 aromatic heterocycles. The zero-order valence-electron chi connectivity index (χ0n) is 18.2. The molecule has 32 heavy (non-hydrogen) atoms. The minimum absolute atomic E-state index is 0.447. The van der Waals surface area contributed by atoms with Crippen LogP contribution in [-0.4, -0.2) is 32.6 Å². The molecule has 1 atom stereocenters. The highest BCUT2D eigenvalue weighted by atomic mass is 16.1. The number of carbonyl (C=O) groups excluding carboxylic acids is 1. The van der Waals surface area contributed by atoms with Gasteiger partial charge in [0.05, 0.1) is 17.3 Å². The number of rotatable bonds is 8. The Hall–Kier alpha value is -4.00. The summed E-state index contributed by atoms with van der Waals surface area (Å²) >= 11 is 0. The highest BCUT2D eigenvalue weighted by molar-refractivity contribution is 5.87. The Kier molecular flexibility index (Phi) is 6.26. The van der Waals surface area contributed by atoms with Crippen LogP contribution in [0.3, 0.4) is 0 Å². The number of anilines is 1. The van der Waals surface area contributed by atoms with Crippen molar-refractivity contribution in [3.63, 3.8) is 0 Å². The van der Waals surface area contributed by atoms with Gasteiger partial charge in [-0.25, -0.2) is 4.98 Å². The van der Waals surface area contributed by atoms with Crippen LogP contribution in [0.2, 0.25) is 0 Å². The van der Waals surface area contributed by atoms with Crippen molar-refractivity contribution in [3.05, 3.63) is 95.1 Å². The third-order valence-electron chi connectivity index (χ3n) is 5.56. The van der Waals surface area contributed by atoms with E-state index in [9.17, 15) is 4.79 Å². The average Bonchev–Trinajstić information content (AvgIpc) is 3.13. The molecular weight excluding hydrogens is 400 g/mol. The van der Waals surface area contributed by atoms with Crippen molar-refractivity contribution < 1.29 is 4.79 Å². The minimum Gasteiger partial charge on any atom is -0.369 e. The largest absolute Gasteiger partial charge is 0.369 e. The van der Waals surface area contributed by atoms with E-state index in [1.165, 1.54) is 5.56 Å². The van der Waals surface area contributed by atoms with Crippen molar-refractivity contribution in [3.8, 4) is 11.3 Å². The second-order valence-corrected chi connectivity index (χ2v) is 7.71. The smallest absolute Gasteiger partial charge is 0.229 e. The molecule has 0 aliphatic rings. The van der Waals surface area contributed by atoms with Crippen LogP contribution in [0.1, 0.15) is 34.0 Å². The highest BCUT2D eigenvalue weighted by Crippen LogP contribution is 2.31. The zero-order valence-corrected chi connectivity index (χ0v) is 18.2. The van der Waals surface area contributed by atoms with E-state index in [2.05, 4.69) is 20.5 Å². The Labute approximate surface area is 187 Å². The summed E-state index contributed by atoms with van der Waals surface area (Å²) in [6.45, 7) is 4.64. The lowest BCUT2D eigenvalue weighted by Crippen LogP contribution is -2.24. The number of aryl methyl sites for hydroxylation is 2. The summed E-state index contributed by atoms with van der Waals surface area (Å²) in [6.07, 6.45) is 4.12. The molecule has 7 nitrogen and oxygen atoms in total. The lowest BCUT2D eigenvalue weighted by atomic mass is 9.91. The standard InChI is InChI=1S/C25H26N6O/c1-16-20(17(2)31-30-16)12-14-28-25-21(23(24(26)32)19-9-6-13-27-15-19)10-11-22(29-25)18-7-4-3-5-8-18/h3-11,13,15,23H,12,14H2,1-2H3,(H2,26,32)(H,28,29)(H,30,31). The molecule has 4 aromatic rings. The second-order valence-electron chi connectivity index (χ2n) is 7.71. The quantitative estimate of drug-likeness (QED) is 0.397. The number of aromatic amines is 1. The molecule has 0 spiro atoms. The van der Waals surface area contributed by atoms with Crippen molar-refractivity contribution >= 4 is 11.7 Å². The van der Waals surface area contributed by atoms with E-state index in [1.807, 2.05) is 62.4 Å². The van der Waals surface area contributed by atoms with Crippen molar-refractivity contribution in [2.45, 2.75) is 26.2 Å². The van der Waals surface area contributed by atoms with Gasteiger partial charge in [-0.3, -0.25) is 14.9 Å². The number of aromatic nitrogens is 4. The van der Waals surface area contributed by atoms with Crippen molar-refractivity contribution in [2.24, 2.45) is 5.73 Å². The molecule has 0 saturated carbocycles. The summed E-state index contributed by atoms with van der Waals surface area (Å²) in [5, 5.41) is 10.7. The van der Waals surface area contributed by atoms with Crippen LogP contribution in [-0.2, 0) is 11.2 Å². The third kappa shape index (κ3) is 4.51. The maximum Gasteiger partial charge on any atom is 0.229 e. The first-order valence-corrected chi connectivity index (χ1v) is 10.5. The normalized spacial score (nSPS) is 11.8. The molecule has 0 bridgehead atoms. The fourth-order valence-corrected chi connectivity index (χ4v) is 3.91. The number of pyridine rings is 2. The number of nitrogens with zero attached hydrogens (tertiary/aromatic N) is 3. The fourth-order valence-electron chi connectivity index (χ4n) is 3.91. The number of nitrogens with one attached hydrogen (secondary N) is 2. The van der Waals surface area contributed by atoms with Gasteiger partial charge in [-0.1, -0.05) is 42.5 Å². The van der Waals surface area contributed by atoms with Crippen LogP contribution >= 0.6 is 0 Å². The zero-order chi connectivity index (χ0) is 22.5. The molecule has 1 amide bonds. The first-order chi connectivity index (χ1) is 15.5. The molecule has 0 aliphatic carbocycles. The predicted molar refractivity (Wildman–Crippen MR) is 125 cm³/mol. The Bertz CT molecular complexity index is 1180. The van der Waals surface area contributed by atoms with Crippen LogP contribution in [0.15, 0.2) is 67.0 Å². The number of primary amides is 1. The van der Waals surface area contributed by atoms with Crippen LogP contribution in [0.4, 0.5) is 5.82 Å². The number of hydrogen-bond acceptors (Lipinski definition) is 5. The summed E-state index contributed by atoms with van der Waals surface area (Å²) in [6, 6.07) is 17.4. The molecule has 1 unspecified atom stereocenters. The monoisotopic (exact) mass is 426 g/mol. The summed E-state index contributed by atoms with van der Waals surface area (Å²) in [5.41, 5.74) is 12.3. The molecule has 3 heterocycles. The first-order valence-electron chi connectivity index (χ1n) is 10.5. The average molecular weight is 427 g/mol. The number of benzene rings is 1. The maximum atomic E-state index is 12.5. The molecule has 1 aromatic carbocycles. The summed E-state index contributed by atoms with van der Waals surface area (Å²) < 4.78 is 0. The molecule has 4 N–H and O–H groups in total. The van der Waals surface area contributed by atoms with Gasteiger partial charge in [0.15, 0.2) is 0 Å². The van der Waals surface area contributed by atoms with Gasteiger partial charge in [0, 0.05) is 35.8 Å². The fraction of sp³-hybridized carbons (Fsp3) is 0.200. The van der Waals surface area contributed by atoms with E-state index < -0.39 is 11.8 Å². The van der Waals surface area contributed by atoms with Gasteiger partial charge in [-0.15, -0.1) is 0 Å². The van der Waals surface area contributed by atoms with E-state index in [-0.39, 0.29) is 0 Å². The van der Waals surface area contributed by atoms with Gasteiger partial charge in [-0.2, -0.15) is 5.10 Å². The molecule has 4 rings (SSSR count). The Morgan fingerprint density at radius 1 is 1.09 bits per heavy atom. The number of hydrogen-bond donors (Lipinski definition) is 3. The Morgan fingerprint density at radius 3 is 2.56 bits per heavy atom. The topological polar surface area (TPSA) is 110 Å². The molecule has 162 valence electrons. The van der Waals surface area contributed by atoms with Gasteiger partial charge in [0.2, 0.25) is 5.91 Å². The Balaban J connectivity index is 1.70. The van der Waals surface area contributed by atoms with E-state index in [0.717, 1.165) is 40.2 Å². The number of amides is 1. The molecule has 7 heteroatoms. The number of H-pyrrole nitrogens is 1. The third-order valence-corrected chi connectivity index (χ3v) is 5.56. The molecule has 0 radical (unpaired) electrons. The molecule has 0 saturated heterocycles. The number of carbonyl (C=O) groups is 1. The van der Waals surface area contributed by atoms with E-state index in [0.29, 0.717) is 12.4 Å². The van der Waals surface area contributed by atoms with Crippen LogP contribution in [0.25, 0.3) is 11.3 Å². The summed E-state index contributed by atoms with van der Waals surface area (Å²) in [7, 11) is 0. The lowest BCUT2D eigenvalue weighted by molar-refractivity contribution is -0.118. The highest BCUT2D eigenvalue weighted by Gasteiger charge is 2.25. The SMILES string of the molecule is Cc1n[nH]c(C)c1CCNc1nc(-c2ccccc2)ccc1C(C(N)=O)c1cccnc1. The van der Waals surface area contributed by atoms with Gasteiger partial charge in [0.25, 0.3) is 0 Å². The maximum absolute atomic E-state index is 12.5. The lowest BCUT2D eigenvalue weighted by Gasteiger charge is -2.19. The van der Waals surface area contributed by atoms with Gasteiger partial charge >= 0.3 is 0 Å². The second kappa shape index (κ2) is 9.43. The molecule has 0 aliphatic heterocycles. The van der Waals surface area contributed by atoms with Gasteiger partial charge in [0.1, 0.15) is 5.82 Å². The molecular formula is C25H26N6O. The van der Waals surface area contributed by atoms with Crippen LogP contribution < -0.4 is 11.1 Å². The number of nitrogens with two attached hydrogens (primary N) is 1. The Morgan fingerprint density at radius 2 is 1.91 bits per heavy atom. The summed E-state index contributed by atoms with van der Waals surface area (Å²) in [5.74, 6) is -0.462. The van der Waals surface area contributed by atoms with E-state index >= 15 is 0 Å². The first kappa shape index (κ1) is 21.2. The predicted octanol–water partition coefficient (Wildman–Crippen LogP) is 3.76. The summed E-state index contributed by atoms with van der Waals surface area (Å²) in [4.78, 5) is 21.5.